The van der Waals surface area contributed by atoms with Gasteiger partial charge in [0.2, 0.25) is 0 Å². The van der Waals surface area contributed by atoms with Crippen molar-refractivity contribution in [3.63, 3.8) is 0 Å². The third-order valence-corrected chi connectivity index (χ3v) is 7.76. The van der Waals surface area contributed by atoms with Gasteiger partial charge in [-0.1, -0.05) is 87.1 Å². The largest absolute Gasteiger partial charge is 0.303 e. The number of carbonyl (C=O) groups excluding carboxylic acids is 2. The summed E-state index contributed by atoms with van der Waals surface area (Å²) in [7, 11) is 0. The van der Waals surface area contributed by atoms with Gasteiger partial charge in [0.1, 0.15) is 0 Å². The number of carbonyl (C=O) groups is 2. The molecule has 0 aliphatic heterocycles. The quantitative estimate of drug-likeness (QED) is 0.364. The highest BCUT2D eigenvalue weighted by molar-refractivity contribution is 6.12. The zero-order valence-electron chi connectivity index (χ0n) is 21.0. The third kappa shape index (κ3) is 5.23. The second-order valence-corrected chi connectivity index (χ2v) is 10.2. The van der Waals surface area contributed by atoms with Crippen LogP contribution >= 0.6 is 0 Å². The summed E-state index contributed by atoms with van der Waals surface area (Å²) in [5.74, 6) is 0.0383. The Morgan fingerprint density at radius 1 is 0.472 bits per heavy atom. The molecule has 2 amide bonds. The first-order valence-electron chi connectivity index (χ1n) is 13.6. The SMILES string of the molecule is O=C(c1ccccc1)N(c1ccccc1N(C(=O)c1ccccc1)C1CCCCC1)C1CCCCC1. The van der Waals surface area contributed by atoms with Gasteiger partial charge in [-0.25, -0.2) is 0 Å². The number of amides is 2. The molecule has 2 saturated carbocycles. The molecule has 0 heterocycles. The van der Waals surface area contributed by atoms with Crippen LogP contribution in [0.2, 0.25) is 0 Å². The summed E-state index contributed by atoms with van der Waals surface area (Å²) < 4.78 is 0. The van der Waals surface area contributed by atoms with Crippen molar-refractivity contribution >= 4 is 23.2 Å². The molecular formula is C32H36N2O2. The average Bonchev–Trinajstić information content (AvgIpc) is 2.96. The van der Waals surface area contributed by atoms with E-state index in [1.54, 1.807) is 0 Å². The van der Waals surface area contributed by atoms with Crippen molar-refractivity contribution in [1.82, 2.24) is 0 Å². The minimum absolute atomic E-state index is 0.0192. The number of hydrogen-bond acceptors (Lipinski definition) is 2. The van der Waals surface area contributed by atoms with Crippen LogP contribution in [0.15, 0.2) is 84.9 Å². The van der Waals surface area contributed by atoms with E-state index in [4.69, 9.17) is 0 Å². The Morgan fingerprint density at radius 2 is 0.806 bits per heavy atom. The lowest BCUT2D eigenvalue weighted by atomic mass is 9.91. The fraction of sp³-hybridized carbons (Fsp3) is 0.375. The van der Waals surface area contributed by atoms with Crippen LogP contribution in [-0.4, -0.2) is 23.9 Å². The minimum Gasteiger partial charge on any atom is -0.303 e. The molecular weight excluding hydrogens is 444 g/mol. The maximum absolute atomic E-state index is 14.1. The van der Waals surface area contributed by atoms with Crippen molar-refractivity contribution in [3.8, 4) is 0 Å². The molecule has 0 N–H and O–H groups in total. The first-order valence-corrected chi connectivity index (χ1v) is 13.6. The minimum atomic E-state index is 0.0192. The summed E-state index contributed by atoms with van der Waals surface area (Å²) >= 11 is 0. The molecule has 0 radical (unpaired) electrons. The van der Waals surface area contributed by atoms with Gasteiger partial charge in [0, 0.05) is 23.2 Å². The molecule has 4 nitrogen and oxygen atoms in total. The Bertz CT molecular complexity index is 1060. The van der Waals surface area contributed by atoms with Crippen molar-refractivity contribution in [1.29, 1.82) is 0 Å². The fourth-order valence-corrected chi connectivity index (χ4v) is 5.93. The van der Waals surface area contributed by atoms with Gasteiger partial charge in [-0.15, -0.1) is 0 Å². The average molecular weight is 481 g/mol. The van der Waals surface area contributed by atoms with Crippen LogP contribution in [0.5, 0.6) is 0 Å². The van der Waals surface area contributed by atoms with E-state index in [0.717, 1.165) is 62.7 Å². The van der Waals surface area contributed by atoms with Crippen LogP contribution in [0.1, 0.15) is 84.9 Å². The predicted molar refractivity (Wildman–Crippen MR) is 147 cm³/mol. The maximum Gasteiger partial charge on any atom is 0.258 e. The van der Waals surface area contributed by atoms with E-state index >= 15 is 0 Å². The Morgan fingerprint density at radius 3 is 1.17 bits per heavy atom. The van der Waals surface area contributed by atoms with Crippen LogP contribution < -0.4 is 9.80 Å². The van der Waals surface area contributed by atoms with Crippen LogP contribution in [0.4, 0.5) is 11.4 Å². The molecule has 0 unspecified atom stereocenters. The number of para-hydroxylation sites is 2. The zero-order chi connectivity index (χ0) is 24.7. The van der Waals surface area contributed by atoms with Crippen molar-refractivity contribution < 1.29 is 9.59 Å². The first-order chi connectivity index (χ1) is 17.7. The summed E-state index contributed by atoms with van der Waals surface area (Å²) in [6, 6.07) is 27.5. The highest BCUT2D eigenvalue weighted by atomic mass is 16.2. The Hall–Kier alpha value is -3.40. The van der Waals surface area contributed by atoms with Crippen molar-refractivity contribution in [2.45, 2.75) is 76.3 Å². The van der Waals surface area contributed by atoms with E-state index in [-0.39, 0.29) is 23.9 Å². The lowest BCUT2D eigenvalue weighted by Crippen LogP contribution is -2.45. The van der Waals surface area contributed by atoms with Crippen LogP contribution in [0.3, 0.4) is 0 Å². The number of hydrogen-bond donors (Lipinski definition) is 0. The lowest BCUT2D eigenvalue weighted by Gasteiger charge is -2.40. The van der Waals surface area contributed by atoms with E-state index in [9.17, 15) is 9.59 Å². The van der Waals surface area contributed by atoms with Crippen molar-refractivity contribution in [2.24, 2.45) is 0 Å². The second kappa shape index (κ2) is 11.6. The van der Waals surface area contributed by atoms with Gasteiger partial charge in [0.15, 0.2) is 0 Å². The van der Waals surface area contributed by atoms with E-state index in [0.29, 0.717) is 11.1 Å². The summed E-state index contributed by atoms with van der Waals surface area (Å²) in [4.78, 5) is 32.1. The monoisotopic (exact) mass is 480 g/mol. The highest BCUT2D eigenvalue weighted by Crippen LogP contribution is 2.39. The normalized spacial score (nSPS) is 16.9. The van der Waals surface area contributed by atoms with E-state index in [2.05, 4.69) is 0 Å². The zero-order valence-corrected chi connectivity index (χ0v) is 21.0. The molecule has 0 atom stereocenters. The molecule has 3 aromatic rings. The van der Waals surface area contributed by atoms with Crippen molar-refractivity contribution in [2.75, 3.05) is 9.80 Å². The molecule has 186 valence electrons. The Balaban J connectivity index is 1.62. The molecule has 5 rings (SSSR count). The highest BCUT2D eigenvalue weighted by Gasteiger charge is 2.34. The van der Waals surface area contributed by atoms with Crippen molar-refractivity contribution in [3.05, 3.63) is 96.1 Å². The molecule has 0 aromatic heterocycles. The summed E-state index contributed by atoms with van der Waals surface area (Å²) in [6.45, 7) is 0. The molecule has 4 heteroatoms. The molecule has 2 fully saturated rings. The topological polar surface area (TPSA) is 40.6 Å². The molecule has 2 aliphatic rings. The summed E-state index contributed by atoms with van der Waals surface area (Å²) in [5.41, 5.74) is 3.09. The number of anilines is 2. The molecule has 36 heavy (non-hydrogen) atoms. The molecule has 0 bridgehead atoms. The van der Waals surface area contributed by atoms with Gasteiger partial charge < -0.3 is 9.80 Å². The van der Waals surface area contributed by atoms with E-state index < -0.39 is 0 Å². The number of benzene rings is 3. The Kier molecular flexibility index (Phi) is 7.80. The standard InChI is InChI=1S/C32H36N2O2/c35-31(25-15-5-1-6-16-25)33(27-19-9-3-10-20-27)29-23-13-14-24-30(29)34(28-21-11-4-12-22-28)32(36)26-17-7-2-8-18-26/h1-2,5-8,13-18,23-24,27-28H,3-4,9-12,19-22H2. The van der Waals surface area contributed by atoms with E-state index in [1.807, 2.05) is 94.7 Å². The molecule has 0 spiro atoms. The molecule has 2 aliphatic carbocycles. The number of nitrogens with zero attached hydrogens (tertiary/aromatic N) is 2. The lowest BCUT2D eigenvalue weighted by molar-refractivity contribution is 0.0957. The smallest absolute Gasteiger partial charge is 0.258 e. The van der Waals surface area contributed by atoms with Gasteiger partial charge in [-0.05, 0) is 62.1 Å². The van der Waals surface area contributed by atoms with Crippen LogP contribution in [0, 0.1) is 0 Å². The summed E-state index contributed by atoms with van der Waals surface area (Å²) in [5, 5.41) is 0. The van der Waals surface area contributed by atoms with Gasteiger partial charge in [-0.2, -0.15) is 0 Å². The summed E-state index contributed by atoms with van der Waals surface area (Å²) in [6.07, 6.45) is 10.9. The third-order valence-electron chi connectivity index (χ3n) is 7.76. The fourth-order valence-electron chi connectivity index (χ4n) is 5.93. The van der Waals surface area contributed by atoms with E-state index in [1.165, 1.54) is 12.8 Å². The molecule has 0 saturated heterocycles. The van der Waals surface area contributed by atoms with Gasteiger partial charge in [0.05, 0.1) is 11.4 Å². The first kappa shape index (κ1) is 24.3. The number of rotatable bonds is 6. The second-order valence-electron chi connectivity index (χ2n) is 10.2. The maximum atomic E-state index is 14.1. The molecule has 3 aromatic carbocycles. The Labute approximate surface area is 214 Å². The van der Waals surface area contributed by atoms with Crippen LogP contribution in [-0.2, 0) is 0 Å². The predicted octanol–water partition coefficient (Wildman–Crippen LogP) is 7.65. The van der Waals surface area contributed by atoms with Gasteiger partial charge >= 0.3 is 0 Å². The van der Waals surface area contributed by atoms with Crippen LogP contribution in [0.25, 0.3) is 0 Å². The van der Waals surface area contributed by atoms with Gasteiger partial charge in [0.25, 0.3) is 11.8 Å². The van der Waals surface area contributed by atoms with Gasteiger partial charge in [-0.3, -0.25) is 9.59 Å².